The molecule has 1 saturated heterocycles. The molecule has 3 saturated carbocycles. The zero-order chi connectivity index (χ0) is 71.3. The Morgan fingerprint density at radius 2 is 1.57 bits per heavy atom. The maximum atomic E-state index is 17.1. The van der Waals surface area contributed by atoms with Crippen molar-refractivity contribution in [3.05, 3.63) is 268 Å². The number of rotatable bonds is 7. The van der Waals surface area contributed by atoms with Crippen molar-refractivity contribution in [3.8, 4) is 5.75 Å². The van der Waals surface area contributed by atoms with Gasteiger partial charge in [-0.2, -0.15) is 0 Å². The highest BCUT2D eigenvalue weighted by Crippen LogP contribution is 2.73. The van der Waals surface area contributed by atoms with Gasteiger partial charge in [0.05, 0.1) is 25.4 Å². The second-order valence-corrected chi connectivity index (χ2v) is 34.7. The molecule has 4 fully saturated rings. The largest absolute Gasteiger partial charge is 0.482 e. The number of aliphatic hydroxyl groups excluding tert-OH is 3. The van der Waals surface area contributed by atoms with Crippen LogP contribution in [0.1, 0.15) is 239 Å². The van der Waals surface area contributed by atoms with Gasteiger partial charge >= 0.3 is 17.6 Å². The molecule has 6 aromatic carbocycles. The SMILES string of the molecule is COC[C@@H](CCO)c1c(CO)c2ccc3c(c2oc1=O)[C@H]1OC(=O)C[C@H]2C[C@@H]4C=C[C@@H]2c2ccc5c(c2)[C@@H]2C[C@@H]([C@@H]5C/C(=C(\C)CO)C(=O)O[C@@H]1[C@@]1(CC=C[C@]5(C2)[C@H]2C=Cc6ccccc6[C@H]2C[C@@H]51)O3)[C@]12CCC[C@H]1C=Cc1cc(ccc12)Cc1ccc2c(c1)[C@@]13c5cccc4c5CC[C@@H]1CCC[C@@H]3C=C2. The number of carbonyl (C=O) groups excluding carboxylic acids is 2. The van der Waals surface area contributed by atoms with E-state index in [2.05, 4.69) is 158 Å². The van der Waals surface area contributed by atoms with E-state index >= 15 is 14.4 Å². The van der Waals surface area contributed by atoms with E-state index in [0.717, 1.165) is 57.8 Å². The highest BCUT2D eigenvalue weighted by molar-refractivity contribution is 5.91. The zero-order valence-electron chi connectivity index (χ0n) is 60.8. The van der Waals surface area contributed by atoms with Crippen molar-refractivity contribution in [2.45, 2.75) is 187 Å². The van der Waals surface area contributed by atoms with Gasteiger partial charge in [0, 0.05) is 83.0 Å². The van der Waals surface area contributed by atoms with Crippen LogP contribution in [0, 0.1) is 46.8 Å². The van der Waals surface area contributed by atoms with Crippen molar-refractivity contribution in [3.63, 3.8) is 0 Å². The minimum atomic E-state index is -1.41. The number of methoxy groups -OCH3 is 1. The Kier molecular flexibility index (Phi) is 15.2. The maximum absolute atomic E-state index is 17.1. The van der Waals surface area contributed by atoms with Gasteiger partial charge in [0.2, 0.25) is 0 Å². The van der Waals surface area contributed by atoms with Crippen molar-refractivity contribution in [2.75, 3.05) is 26.9 Å². The number of fused-ring (bicyclic) bond motifs is 10. The predicted molar refractivity (Wildman–Crippen MR) is 408 cm³/mol. The lowest BCUT2D eigenvalue weighted by Crippen LogP contribution is -2.64. The van der Waals surface area contributed by atoms with Crippen LogP contribution < -0.4 is 10.4 Å². The first-order chi connectivity index (χ1) is 51.9. The summed E-state index contributed by atoms with van der Waals surface area (Å²) in [6.45, 7) is 0.778. The molecule has 1 aromatic heterocycles. The summed E-state index contributed by atoms with van der Waals surface area (Å²) >= 11 is 0. The van der Waals surface area contributed by atoms with Crippen LogP contribution in [0.2, 0.25) is 0 Å². The lowest BCUT2D eigenvalue weighted by Gasteiger charge is -2.57. The van der Waals surface area contributed by atoms with Crippen molar-refractivity contribution in [1.29, 1.82) is 0 Å². The average Bonchev–Trinajstić information content (AvgIpc) is 1.28. The van der Waals surface area contributed by atoms with E-state index in [1.54, 1.807) is 7.11 Å². The molecule has 22 aliphatic rings. The molecule has 0 unspecified atom stereocenters. The van der Waals surface area contributed by atoms with E-state index in [9.17, 15) is 15.3 Å². The first-order valence-corrected chi connectivity index (χ1v) is 40.1. The predicted octanol–water partition coefficient (Wildman–Crippen LogP) is 17.6. The molecule has 0 radical (unpaired) electrons. The molecule has 0 amide bonds. The van der Waals surface area contributed by atoms with Gasteiger partial charge in [0.1, 0.15) is 11.3 Å². The van der Waals surface area contributed by atoms with E-state index in [1.165, 1.54) is 90.7 Å². The molecule has 29 rings (SSSR count). The van der Waals surface area contributed by atoms with Crippen LogP contribution in [0.15, 0.2) is 172 Å². The summed E-state index contributed by atoms with van der Waals surface area (Å²) in [5.74, 6) is -1.26. The van der Waals surface area contributed by atoms with E-state index < -0.39 is 53.3 Å². The molecule has 3 N–H and O–H groups in total. The van der Waals surface area contributed by atoms with Crippen molar-refractivity contribution in [1.82, 2.24) is 0 Å². The molecule has 11 heteroatoms. The summed E-state index contributed by atoms with van der Waals surface area (Å²) in [6.07, 6.45) is 35.3. The highest BCUT2D eigenvalue weighted by Gasteiger charge is 2.71. The fourth-order valence-electron chi connectivity index (χ4n) is 26.5. The molecular formula is C95H94O11. The van der Waals surface area contributed by atoms with Crippen LogP contribution in [0.5, 0.6) is 5.75 Å². The van der Waals surface area contributed by atoms with Crippen LogP contribution in [0.4, 0.5) is 0 Å². The number of benzene rings is 6. The average molecular weight is 1410 g/mol. The van der Waals surface area contributed by atoms with Gasteiger partial charge in [-0.15, -0.1) is 0 Å². The Morgan fingerprint density at radius 1 is 0.717 bits per heavy atom. The first-order valence-electron chi connectivity index (χ1n) is 40.1. The third-order valence-corrected chi connectivity index (χ3v) is 30.5. The second-order valence-electron chi connectivity index (χ2n) is 34.7. The minimum absolute atomic E-state index is 0.00584. The Morgan fingerprint density at radius 3 is 2.45 bits per heavy atom. The van der Waals surface area contributed by atoms with Gasteiger partial charge < -0.3 is 38.7 Å². The number of hydrogen-bond donors (Lipinski definition) is 3. The third kappa shape index (κ3) is 9.21. The molecule has 23 bridgehead atoms. The number of ether oxygens (including phenoxy) is 4. The maximum Gasteiger partial charge on any atom is 0.340 e. The van der Waals surface area contributed by atoms with Crippen LogP contribution in [-0.4, -0.2) is 65.9 Å². The molecular weight excluding hydrogens is 1320 g/mol. The lowest BCUT2D eigenvalue weighted by atomic mass is 9.48. The van der Waals surface area contributed by atoms with Crippen molar-refractivity contribution in [2.24, 2.45) is 46.8 Å². The van der Waals surface area contributed by atoms with Crippen LogP contribution in [-0.2, 0) is 54.1 Å². The topological polar surface area (TPSA) is 162 Å². The Balaban J connectivity index is 0.853. The standard InChI is InChI=1S/C95H94O11/c1-52(49-97)72-46-74-69-28-22-58-43-73(69)62-44-81(74)93-36-7-12-63(93)24-20-59-40-53(17-31-77(59)93)39-54-16-18-56-19-25-64-10-5-11-65-26-29-70-68(14-6-15-79(70)95(64,65)80(56)41-54)57-21-27-66(58)61(42-57)45-84(99)103-88-86-82(33-30-71-76(50-98)85(91(101)104-87(71)86)60(34-38-96)51-102-2)106-94(89(88)105-90(72)100)37-8-35-92(48-62)78-32-23-55-9-3-4-13-67(55)75(78)47-83(92)94/h3-4,6,8-9,13-25,27-28,30-33,35,40-41,43,57,60-66,74-75,78,81,83,88-89,96-98H,5,7,10-12,26,29,34,36-39,42,44-51H2,1-2H3/b72-52-/t57-,60+,61+,62+,63-,64+,65-,66+,74+,75+,78-,81-,83-,88+,89-,92-,93+,94-,95+/m0/s1. The summed E-state index contributed by atoms with van der Waals surface area (Å²) in [6, 6.07) is 42.2. The minimum Gasteiger partial charge on any atom is -0.482 e. The van der Waals surface area contributed by atoms with Gasteiger partial charge in [-0.25, -0.2) is 9.59 Å². The van der Waals surface area contributed by atoms with Gasteiger partial charge in [-0.1, -0.05) is 171 Å². The Bertz CT molecular complexity index is 5150. The monoisotopic (exact) mass is 1410 g/mol. The Hall–Kier alpha value is -8.45. The molecule has 7 aromatic rings. The molecule has 19 atom stereocenters. The summed E-state index contributed by atoms with van der Waals surface area (Å²) in [7, 11) is 1.54. The van der Waals surface area contributed by atoms with Crippen LogP contribution in [0.3, 0.4) is 0 Å². The fourth-order valence-corrected chi connectivity index (χ4v) is 26.5. The molecule has 5 heterocycles. The van der Waals surface area contributed by atoms with Gasteiger partial charge in [-0.3, -0.25) is 4.79 Å². The van der Waals surface area contributed by atoms with Gasteiger partial charge in [0.15, 0.2) is 17.8 Å². The van der Waals surface area contributed by atoms with E-state index in [4.69, 9.17) is 23.4 Å². The molecule has 540 valence electrons. The number of esters is 2. The molecule has 106 heavy (non-hydrogen) atoms. The fraction of sp³-hybridized carbons (Fsp3) is 0.442. The lowest BCUT2D eigenvalue weighted by molar-refractivity contribution is -0.210. The summed E-state index contributed by atoms with van der Waals surface area (Å²) in [5.41, 5.74) is 17.1. The highest BCUT2D eigenvalue weighted by atomic mass is 16.6. The summed E-state index contributed by atoms with van der Waals surface area (Å²) in [5, 5.41) is 34.3. The van der Waals surface area contributed by atoms with E-state index in [0.29, 0.717) is 65.4 Å². The molecule has 4 aliphatic heterocycles. The van der Waals surface area contributed by atoms with Gasteiger partial charge in [-0.05, 0) is 245 Å². The number of hydrogen-bond acceptors (Lipinski definition) is 11. The molecule has 3 spiro atoms. The first kappa shape index (κ1) is 65.8. The molecule has 11 nitrogen and oxygen atoms in total. The third-order valence-electron chi connectivity index (χ3n) is 30.5. The normalized spacial score (nSPS) is 35.2. The Labute approximate surface area is 620 Å². The van der Waals surface area contributed by atoms with Crippen molar-refractivity contribution < 1.29 is 48.3 Å². The van der Waals surface area contributed by atoms with E-state index in [-0.39, 0.29) is 119 Å². The van der Waals surface area contributed by atoms with E-state index in [1.807, 2.05) is 19.1 Å². The zero-order valence-corrected chi connectivity index (χ0v) is 60.8. The summed E-state index contributed by atoms with van der Waals surface area (Å²) < 4.78 is 35.8. The molecule has 18 aliphatic carbocycles. The number of aliphatic hydroxyl groups is 3. The number of allylic oxidation sites excluding steroid dienone is 6. The van der Waals surface area contributed by atoms with Crippen LogP contribution in [0.25, 0.3) is 29.2 Å². The quantitative estimate of drug-likeness (QED) is 0.0603. The van der Waals surface area contributed by atoms with Gasteiger partial charge in [0.25, 0.3) is 0 Å². The smallest absolute Gasteiger partial charge is 0.340 e. The van der Waals surface area contributed by atoms with Crippen molar-refractivity contribution >= 4 is 41.1 Å². The number of carbonyl (C=O) groups is 2. The summed E-state index contributed by atoms with van der Waals surface area (Å²) in [4.78, 5) is 49.0. The van der Waals surface area contributed by atoms with Crippen LogP contribution >= 0.6 is 0 Å². The second kappa shape index (κ2) is 24.5.